The lowest BCUT2D eigenvalue weighted by Crippen LogP contribution is -2.34. The highest BCUT2D eigenvalue weighted by molar-refractivity contribution is 5.93. The van der Waals surface area contributed by atoms with Crippen LogP contribution in [0.1, 0.15) is 61.8 Å². The third kappa shape index (κ3) is 18.2. The first-order valence-corrected chi connectivity index (χ1v) is 16.9. The van der Waals surface area contributed by atoms with Gasteiger partial charge in [0.2, 0.25) is 5.91 Å². The third-order valence-electron chi connectivity index (χ3n) is 7.53. The number of rotatable bonds is 13. The number of carbonyl (C=O) groups excluding carboxylic acids is 1. The van der Waals surface area contributed by atoms with Crippen molar-refractivity contribution in [1.82, 2.24) is 14.7 Å². The molecule has 0 radical (unpaired) electrons. The Morgan fingerprint density at radius 3 is 2.18 bits per heavy atom. The number of anilines is 1. The number of allylic oxidation sites excluding steroid dienone is 4. The van der Waals surface area contributed by atoms with Gasteiger partial charge >= 0.3 is 0 Å². The molecule has 1 heterocycles. The van der Waals surface area contributed by atoms with E-state index in [4.69, 9.17) is 0 Å². The maximum absolute atomic E-state index is 12.4. The Bertz CT molecular complexity index is 1110. The number of nitrogens with zero attached hydrogens (tertiary/aromatic N) is 3. The predicted octanol–water partition coefficient (Wildman–Crippen LogP) is 9.39. The number of carbonyl (C=O) groups is 1. The summed E-state index contributed by atoms with van der Waals surface area (Å²) in [5.74, 6) is 0.902. The van der Waals surface area contributed by atoms with Gasteiger partial charge in [-0.1, -0.05) is 121 Å². The van der Waals surface area contributed by atoms with Crippen LogP contribution in [0.25, 0.3) is 11.1 Å². The van der Waals surface area contributed by atoms with Gasteiger partial charge in [-0.25, -0.2) is 0 Å². The van der Waals surface area contributed by atoms with Crippen LogP contribution in [0.5, 0.6) is 0 Å². The van der Waals surface area contributed by atoms with Crippen molar-refractivity contribution < 1.29 is 4.79 Å². The molecule has 2 atom stereocenters. The summed E-state index contributed by atoms with van der Waals surface area (Å²) in [5.41, 5.74) is 3.16. The summed E-state index contributed by atoms with van der Waals surface area (Å²) < 4.78 is 0. The second-order valence-corrected chi connectivity index (χ2v) is 11.2. The minimum atomic E-state index is 0.111. The van der Waals surface area contributed by atoms with Crippen LogP contribution in [-0.4, -0.2) is 73.0 Å². The van der Waals surface area contributed by atoms with E-state index in [1.165, 1.54) is 0 Å². The van der Waals surface area contributed by atoms with Crippen molar-refractivity contribution in [1.29, 1.82) is 0 Å². The Morgan fingerprint density at radius 1 is 1.00 bits per heavy atom. The normalized spacial score (nSPS) is 15.0. The van der Waals surface area contributed by atoms with Gasteiger partial charge < -0.3 is 15.1 Å². The van der Waals surface area contributed by atoms with Crippen molar-refractivity contribution in [2.45, 2.75) is 67.9 Å². The number of nitrogens with one attached hydrogen (secondary N) is 1. The molecule has 5 heteroatoms. The van der Waals surface area contributed by atoms with Gasteiger partial charge in [-0.15, -0.1) is 0 Å². The van der Waals surface area contributed by atoms with E-state index in [9.17, 15) is 4.79 Å². The van der Waals surface area contributed by atoms with Gasteiger partial charge in [0.25, 0.3) is 0 Å². The molecule has 2 aromatic carbocycles. The van der Waals surface area contributed by atoms with Gasteiger partial charge in [0.1, 0.15) is 0 Å². The predicted molar refractivity (Wildman–Crippen MR) is 201 cm³/mol. The lowest BCUT2D eigenvalue weighted by atomic mass is 10.0. The van der Waals surface area contributed by atoms with Gasteiger partial charge in [0, 0.05) is 37.9 Å². The Hall–Kier alpha value is -3.41. The molecular formula is C40H64N4O. The molecule has 250 valence electrons. The van der Waals surface area contributed by atoms with E-state index >= 15 is 0 Å². The van der Waals surface area contributed by atoms with Gasteiger partial charge in [-0.2, -0.15) is 0 Å². The van der Waals surface area contributed by atoms with E-state index in [-0.39, 0.29) is 11.8 Å². The number of amides is 1. The van der Waals surface area contributed by atoms with Gasteiger partial charge in [-0.05, 0) is 82.7 Å². The second kappa shape index (κ2) is 25.9. The molecule has 45 heavy (non-hydrogen) atoms. The molecule has 1 aliphatic heterocycles. The molecule has 0 aliphatic carbocycles. The summed E-state index contributed by atoms with van der Waals surface area (Å²) >= 11 is 0. The van der Waals surface area contributed by atoms with Gasteiger partial charge in [0.15, 0.2) is 0 Å². The maximum atomic E-state index is 12.4. The zero-order valence-electron chi connectivity index (χ0n) is 30.0. The minimum absolute atomic E-state index is 0.111. The lowest BCUT2D eigenvalue weighted by Gasteiger charge is -2.25. The molecule has 1 fully saturated rings. The molecule has 0 saturated carbocycles. The van der Waals surface area contributed by atoms with Crippen molar-refractivity contribution >= 4 is 11.6 Å². The van der Waals surface area contributed by atoms with E-state index in [1.54, 1.807) is 6.08 Å². The molecule has 1 unspecified atom stereocenters. The Balaban J connectivity index is 0.000000723. The minimum Gasteiger partial charge on any atom is -0.377 e. The van der Waals surface area contributed by atoms with Crippen LogP contribution in [0.15, 0.2) is 104 Å². The summed E-state index contributed by atoms with van der Waals surface area (Å²) in [6, 6.07) is 18.8. The van der Waals surface area contributed by atoms with E-state index in [0.29, 0.717) is 12.0 Å². The van der Waals surface area contributed by atoms with E-state index in [0.717, 1.165) is 62.5 Å². The largest absolute Gasteiger partial charge is 0.377 e. The van der Waals surface area contributed by atoms with Crippen LogP contribution in [0.2, 0.25) is 0 Å². The molecule has 3 rings (SSSR count). The summed E-state index contributed by atoms with van der Waals surface area (Å²) in [5, 5.41) is 3.07. The molecule has 0 bridgehead atoms. The van der Waals surface area contributed by atoms with Gasteiger partial charge in [0.05, 0.1) is 5.92 Å². The quantitative estimate of drug-likeness (QED) is 0.180. The van der Waals surface area contributed by atoms with Crippen molar-refractivity contribution in [2.75, 3.05) is 51.6 Å². The first kappa shape index (κ1) is 41.6. The van der Waals surface area contributed by atoms with Gasteiger partial charge in [-0.3, -0.25) is 9.69 Å². The van der Waals surface area contributed by atoms with Crippen molar-refractivity contribution in [2.24, 2.45) is 11.8 Å². The highest BCUT2D eigenvalue weighted by atomic mass is 16.1. The average Bonchev–Trinajstić information content (AvgIpc) is 3.56. The molecule has 2 aromatic rings. The molecule has 0 aromatic heterocycles. The van der Waals surface area contributed by atoms with Crippen LogP contribution in [0.3, 0.4) is 0 Å². The van der Waals surface area contributed by atoms with Crippen molar-refractivity contribution in [3.63, 3.8) is 0 Å². The highest BCUT2D eigenvalue weighted by Crippen LogP contribution is 2.24. The molecule has 0 spiro atoms. The zero-order valence-corrected chi connectivity index (χ0v) is 30.0. The van der Waals surface area contributed by atoms with Crippen LogP contribution in [0, 0.1) is 11.8 Å². The van der Waals surface area contributed by atoms with Crippen molar-refractivity contribution in [3.8, 4) is 11.1 Å². The SMILES string of the molecule is C=C/C=C/C(C)C.C=CN(CC)CCN(C)C(C)/C=C\C.CC.CCN1CC[C@@H](C(=O)Nc2cccc(-c3ccccc3)c2)C1. The average molecular weight is 617 g/mol. The fraction of sp³-hybridized carbons (Fsp3) is 0.475. The molecular weight excluding hydrogens is 552 g/mol. The summed E-state index contributed by atoms with van der Waals surface area (Å²) in [6.45, 7) is 30.3. The Labute approximate surface area is 277 Å². The second-order valence-electron chi connectivity index (χ2n) is 11.2. The summed E-state index contributed by atoms with van der Waals surface area (Å²) in [6.07, 6.45) is 13.0. The number of likely N-dealkylation sites (N-methyl/N-ethyl adjacent to an activating group) is 2. The number of hydrogen-bond donors (Lipinski definition) is 1. The molecule has 1 aliphatic rings. The van der Waals surface area contributed by atoms with Crippen LogP contribution in [-0.2, 0) is 4.79 Å². The fourth-order valence-electron chi connectivity index (χ4n) is 4.58. The fourth-order valence-corrected chi connectivity index (χ4v) is 4.58. The number of likely N-dealkylation sites (tertiary alicyclic amines) is 1. The monoisotopic (exact) mass is 617 g/mol. The molecule has 1 saturated heterocycles. The van der Waals surface area contributed by atoms with Crippen molar-refractivity contribution in [3.05, 3.63) is 104 Å². The first-order valence-electron chi connectivity index (χ1n) is 16.9. The zero-order chi connectivity index (χ0) is 34.0. The topological polar surface area (TPSA) is 38.8 Å². The first-order chi connectivity index (χ1) is 21.7. The number of hydrogen-bond acceptors (Lipinski definition) is 4. The lowest BCUT2D eigenvalue weighted by molar-refractivity contribution is -0.119. The van der Waals surface area contributed by atoms with E-state index < -0.39 is 0 Å². The van der Waals surface area contributed by atoms with E-state index in [1.807, 2.05) is 62.5 Å². The summed E-state index contributed by atoms with van der Waals surface area (Å²) in [4.78, 5) is 19.3. The third-order valence-corrected chi connectivity index (χ3v) is 7.53. The summed E-state index contributed by atoms with van der Waals surface area (Å²) in [7, 11) is 2.15. The van der Waals surface area contributed by atoms with Crippen LogP contribution >= 0.6 is 0 Å². The molecule has 1 amide bonds. The highest BCUT2D eigenvalue weighted by Gasteiger charge is 2.27. The Kier molecular flexibility index (Phi) is 23.9. The maximum Gasteiger partial charge on any atom is 0.228 e. The van der Waals surface area contributed by atoms with Crippen LogP contribution < -0.4 is 5.32 Å². The standard InChI is InChI=1S/C19H22N2O.C12H24N2.C7H12.C2H6/c1-2-21-12-11-17(14-21)19(22)20-18-10-6-9-16(13-18)15-7-4-3-5-8-15;1-6-9-12(4)13(5)10-11-14(7-2)8-3;1-4-5-6-7(2)3;1-2/h3-10,13,17H,2,11-12,14H2,1H3,(H,20,22);6-7,9,12H,2,8,10-11H2,1,3-5H3;4-7H,1H2,2-3H3;1-2H3/b;9-6-;6-5+;/t17-;;;/m1.../s1. The Morgan fingerprint density at radius 2 is 1.67 bits per heavy atom. The smallest absolute Gasteiger partial charge is 0.228 e. The molecule has 5 nitrogen and oxygen atoms in total. The van der Waals surface area contributed by atoms with E-state index in [2.05, 4.69) is 118 Å². The van der Waals surface area contributed by atoms with Crippen LogP contribution in [0.4, 0.5) is 5.69 Å². The number of benzene rings is 2. The molecule has 1 N–H and O–H groups in total.